The first-order valence-electron chi connectivity index (χ1n) is 23.2. The van der Waals surface area contributed by atoms with E-state index in [1.54, 1.807) is 0 Å². The Morgan fingerprint density at radius 2 is 1.06 bits per heavy atom. The molecule has 0 unspecified atom stereocenters. The summed E-state index contributed by atoms with van der Waals surface area (Å²) in [5.74, 6) is -0.651. The number of nitrogens with one attached hydrogen (secondary N) is 3. The van der Waals surface area contributed by atoms with Crippen molar-refractivity contribution in [2.75, 3.05) is 11.9 Å². The summed E-state index contributed by atoms with van der Waals surface area (Å²) in [5, 5.41) is 12.4. The molecule has 2 atom stereocenters. The largest absolute Gasteiger partial charge is 0.403 e. The number of unbranched alkanes of at least 4 members (excludes halogenated alkanes) is 1. The number of amides is 2. The molecule has 7 rings (SSSR count). The highest BCUT2D eigenvalue weighted by atomic mass is 28.4. The first kappa shape index (κ1) is 47.5. The standard InChI is InChI=1S/C58H64N4O3Si/c1-44-33-37-49(38-34-44)58(47-24-12-6-13-25-47,48-26-14-7-15-27-48)60-41-21-20-32-54(62-55(63)53(59)42-45-22-10-5-11-23-45)56(64)61-50-39-35-46(36-40-50)43-65-66(57(2,3)4,51-28-16-8-17-29-51)52-30-18-9-19-31-52/h5-19,22-31,33-40,53-54,60H,20-21,32,41-43,59H2,1-4H3,(H,61,64)(H,62,63)/t53-,54-/m0/s1. The minimum Gasteiger partial charge on any atom is -0.403 e. The van der Waals surface area contributed by atoms with Gasteiger partial charge in [0.05, 0.1) is 18.2 Å². The van der Waals surface area contributed by atoms with Gasteiger partial charge in [-0.05, 0) is 94.5 Å². The fraction of sp³-hybridized carbons (Fsp3) is 0.241. The zero-order valence-corrected chi connectivity index (χ0v) is 39.8. The third kappa shape index (κ3) is 11.3. The van der Waals surface area contributed by atoms with Crippen LogP contribution >= 0.6 is 0 Å². The van der Waals surface area contributed by atoms with Gasteiger partial charge in [0.2, 0.25) is 11.8 Å². The second-order valence-corrected chi connectivity index (χ2v) is 22.6. The Hall–Kier alpha value is -6.42. The van der Waals surface area contributed by atoms with Crippen LogP contribution in [0, 0.1) is 6.92 Å². The first-order valence-corrected chi connectivity index (χ1v) is 25.1. The predicted molar refractivity (Wildman–Crippen MR) is 273 cm³/mol. The molecule has 0 aliphatic rings. The molecule has 0 spiro atoms. The highest BCUT2D eigenvalue weighted by molar-refractivity contribution is 6.99. The van der Waals surface area contributed by atoms with Gasteiger partial charge in [-0.15, -0.1) is 0 Å². The summed E-state index contributed by atoms with van der Waals surface area (Å²) in [7, 11) is -2.75. The van der Waals surface area contributed by atoms with Gasteiger partial charge in [0.15, 0.2) is 0 Å². The molecule has 2 amide bonds. The van der Waals surface area contributed by atoms with E-state index in [1.807, 2.05) is 78.9 Å². The van der Waals surface area contributed by atoms with Crippen LogP contribution in [0.4, 0.5) is 5.69 Å². The smallest absolute Gasteiger partial charge is 0.261 e. The Bertz CT molecular complexity index is 2490. The highest BCUT2D eigenvalue weighted by Crippen LogP contribution is 2.38. The quantitative estimate of drug-likeness (QED) is 0.0347. The van der Waals surface area contributed by atoms with Gasteiger partial charge < -0.3 is 20.8 Å². The van der Waals surface area contributed by atoms with Crippen molar-refractivity contribution in [1.82, 2.24) is 10.6 Å². The van der Waals surface area contributed by atoms with Crippen molar-refractivity contribution in [3.63, 3.8) is 0 Å². The van der Waals surface area contributed by atoms with E-state index in [9.17, 15) is 9.59 Å². The molecular formula is C58H64N4O3Si. The lowest BCUT2D eigenvalue weighted by Crippen LogP contribution is -2.66. The summed E-state index contributed by atoms with van der Waals surface area (Å²) in [5.41, 5.74) is 13.1. The number of hydrogen-bond acceptors (Lipinski definition) is 5. The summed E-state index contributed by atoms with van der Waals surface area (Å²) in [4.78, 5) is 27.9. The third-order valence-corrected chi connectivity index (χ3v) is 17.6. The number of nitrogens with two attached hydrogens (primary N) is 1. The number of benzene rings is 7. The van der Waals surface area contributed by atoms with Crippen LogP contribution in [0.15, 0.2) is 200 Å². The van der Waals surface area contributed by atoms with E-state index in [1.165, 1.54) is 15.9 Å². The Balaban J connectivity index is 1.06. The minimum atomic E-state index is -2.75. The van der Waals surface area contributed by atoms with Crippen molar-refractivity contribution in [3.05, 3.63) is 234 Å². The Morgan fingerprint density at radius 3 is 1.58 bits per heavy atom. The average molecular weight is 893 g/mol. The van der Waals surface area contributed by atoms with Gasteiger partial charge in [0.1, 0.15) is 6.04 Å². The molecule has 7 nitrogen and oxygen atoms in total. The number of rotatable bonds is 20. The van der Waals surface area contributed by atoms with Crippen molar-refractivity contribution >= 4 is 36.2 Å². The molecule has 0 radical (unpaired) electrons. The van der Waals surface area contributed by atoms with E-state index < -0.39 is 25.9 Å². The van der Waals surface area contributed by atoms with Crippen molar-refractivity contribution in [2.24, 2.45) is 5.73 Å². The Labute approximate surface area is 393 Å². The number of anilines is 1. The van der Waals surface area contributed by atoms with E-state index >= 15 is 0 Å². The van der Waals surface area contributed by atoms with Gasteiger partial charge in [-0.3, -0.25) is 14.9 Å². The summed E-state index contributed by atoms with van der Waals surface area (Å²) in [6.07, 6.45) is 2.22. The first-order chi connectivity index (χ1) is 32.0. The molecule has 0 saturated carbocycles. The zero-order valence-electron chi connectivity index (χ0n) is 38.8. The van der Waals surface area contributed by atoms with Gasteiger partial charge in [0, 0.05) is 5.69 Å². The van der Waals surface area contributed by atoms with Crippen LogP contribution in [0.3, 0.4) is 0 Å². The van der Waals surface area contributed by atoms with Gasteiger partial charge in [-0.2, -0.15) is 0 Å². The van der Waals surface area contributed by atoms with E-state index in [0.29, 0.717) is 38.1 Å². The van der Waals surface area contributed by atoms with Gasteiger partial charge in [-0.1, -0.05) is 214 Å². The molecule has 0 aromatic heterocycles. The SMILES string of the molecule is Cc1ccc(C(NCCCC[C@H](NC(=O)[C@@H](N)Cc2ccccc2)C(=O)Nc2ccc(CO[Si](c3ccccc3)(c3ccccc3)C(C)(C)C)cc2)(c2ccccc2)c2ccccc2)cc1. The summed E-state index contributed by atoms with van der Waals surface area (Å²) >= 11 is 0. The Kier molecular flexibility index (Phi) is 16.0. The molecule has 8 heteroatoms. The van der Waals surface area contributed by atoms with Gasteiger partial charge >= 0.3 is 0 Å². The maximum absolute atomic E-state index is 14.2. The minimum absolute atomic E-state index is 0.156. The van der Waals surface area contributed by atoms with Crippen LogP contribution in [0.25, 0.3) is 0 Å². The number of hydrogen-bond donors (Lipinski definition) is 4. The van der Waals surface area contributed by atoms with Crippen molar-refractivity contribution in [1.29, 1.82) is 0 Å². The molecule has 0 fully saturated rings. The molecule has 7 aromatic carbocycles. The lowest BCUT2D eigenvalue weighted by atomic mass is 9.76. The number of carbonyl (C=O) groups excluding carboxylic acids is 2. The third-order valence-electron chi connectivity index (χ3n) is 12.6. The second-order valence-electron chi connectivity index (χ2n) is 18.3. The van der Waals surface area contributed by atoms with Crippen molar-refractivity contribution < 1.29 is 14.0 Å². The molecule has 5 N–H and O–H groups in total. The zero-order chi connectivity index (χ0) is 46.4. The lowest BCUT2D eigenvalue weighted by Gasteiger charge is -2.43. The van der Waals surface area contributed by atoms with E-state index in [0.717, 1.165) is 34.2 Å². The topological polar surface area (TPSA) is 105 Å². The summed E-state index contributed by atoms with van der Waals surface area (Å²) in [6, 6.07) is 66.9. The lowest BCUT2D eigenvalue weighted by molar-refractivity contribution is -0.127. The molecule has 0 aliphatic heterocycles. The average Bonchev–Trinajstić information content (AvgIpc) is 3.34. The maximum atomic E-state index is 14.2. The van der Waals surface area contributed by atoms with E-state index in [2.05, 4.69) is 165 Å². The predicted octanol–water partition coefficient (Wildman–Crippen LogP) is 9.82. The maximum Gasteiger partial charge on any atom is 0.261 e. The van der Waals surface area contributed by atoms with Crippen LogP contribution in [0.1, 0.15) is 73.4 Å². The molecule has 338 valence electrons. The molecule has 0 aliphatic carbocycles. The second kappa shape index (κ2) is 22.2. The fourth-order valence-electron chi connectivity index (χ4n) is 9.11. The molecule has 0 saturated heterocycles. The molecule has 0 heterocycles. The van der Waals surface area contributed by atoms with E-state index in [-0.39, 0.29) is 16.9 Å². The van der Waals surface area contributed by atoms with Crippen LogP contribution in [-0.2, 0) is 32.6 Å². The normalized spacial score (nSPS) is 12.8. The molecule has 0 bridgehead atoms. The van der Waals surface area contributed by atoms with Gasteiger partial charge in [0.25, 0.3) is 8.32 Å². The fourth-order valence-corrected chi connectivity index (χ4v) is 13.6. The molecular weight excluding hydrogens is 829 g/mol. The van der Waals surface area contributed by atoms with Crippen LogP contribution < -0.4 is 32.1 Å². The number of carbonyl (C=O) groups is 2. The van der Waals surface area contributed by atoms with Gasteiger partial charge in [-0.25, -0.2) is 0 Å². The monoisotopic (exact) mass is 892 g/mol. The van der Waals surface area contributed by atoms with E-state index in [4.69, 9.17) is 10.2 Å². The molecule has 7 aromatic rings. The van der Waals surface area contributed by atoms with Crippen LogP contribution in [0.5, 0.6) is 0 Å². The summed E-state index contributed by atoms with van der Waals surface area (Å²) < 4.78 is 7.17. The van der Waals surface area contributed by atoms with Crippen LogP contribution in [0.2, 0.25) is 5.04 Å². The molecule has 66 heavy (non-hydrogen) atoms. The van der Waals surface area contributed by atoms with Crippen molar-refractivity contribution in [3.8, 4) is 0 Å². The van der Waals surface area contributed by atoms with Crippen molar-refractivity contribution in [2.45, 2.75) is 82.6 Å². The summed E-state index contributed by atoms with van der Waals surface area (Å²) in [6.45, 7) is 9.98. The highest BCUT2D eigenvalue weighted by Gasteiger charge is 2.50. The van der Waals surface area contributed by atoms with Crippen LogP contribution in [-0.4, -0.2) is 38.8 Å². The Morgan fingerprint density at radius 1 is 0.576 bits per heavy atom. The number of aryl methyl sites for hydroxylation is 1.